The van der Waals surface area contributed by atoms with Crippen molar-refractivity contribution in [2.45, 2.75) is 47.8 Å². The van der Waals surface area contributed by atoms with Gasteiger partial charge in [0.2, 0.25) is 0 Å². The van der Waals surface area contributed by atoms with Crippen LogP contribution in [0, 0.1) is 0 Å². The molecule has 0 amide bonds. The summed E-state index contributed by atoms with van der Waals surface area (Å²) in [6.45, 7) is 3.99. The van der Waals surface area contributed by atoms with Crippen LogP contribution in [-0.2, 0) is 15.7 Å². The first kappa shape index (κ1) is 22.6. The number of benzene rings is 3. The van der Waals surface area contributed by atoms with E-state index in [9.17, 15) is 0 Å². The smallest absolute Gasteiger partial charge is 0.166 e. The minimum absolute atomic E-state index is 0.0872. The number of unbranched alkanes of at least 4 members (excludes halogenated alkanes) is 2. The van der Waals surface area contributed by atoms with Gasteiger partial charge in [-0.2, -0.15) is 0 Å². The summed E-state index contributed by atoms with van der Waals surface area (Å²) in [4.78, 5) is 12.9. The molecular weight excluding hydrogens is 380 g/mol. The van der Waals surface area contributed by atoms with Gasteiger partial charge in [-0.15, -0.1) is 0 Å². The number of hydrogen-bond acceptors (Lipinski definition) is 3. The highest BCUT2D eigenvalue weighted by molar-refractivity contribution is 7.97. The Balaban J connectivity index is 0.000000687. The van der Waals surface area contributed by atoms with Gasteiger partial charge in [-0.1, -0.05) is 56.2 Å². The molecular formula is C25H28O3S. The Hall–Kier alpha value is -2.72. The molecule has 3 aromatic carbocycles. The molecule has 0 bridgehead atoms. The maximum absolute atomic E-state index is 8.89. The lowest BCUT2D eigenvalue weighted by atomic mass is 10.3. The molecule has 0 saturated carbocycles. The third kappa shape index (κ3) is 8.04. The van der Waals surface area contributed by atoms with Gasteiger partial charge in [0.15, 0.2) is 14.7 Å². The largest absolute Gasteiger partial charge is 0.550 e. The van der Waals surface area contributed by atoms with E-state index in [-0.39, 0.29) is 10.9 Å². The summed E-state index contributed by atoms with van der Waals surface area (Å²) in [5.74, 6) is -0.121. The van der Waals surface area contributed by atoms with E-state index in [4.69, 9.17) is 14.6 Å². The van der Waals surface area contributed by atoms with E-state index in [0.717, 1.165) is 25.7 Å². The number of aliphatic carboxylic acids is 1. The minimum atomic E-state index is -1.08. The van der Waals surface area contributed by atoms with Crippen LogP contribution in [0.25, 0.3) is 0 Å². The first-order valence-electron chi connectivity index (χ1n) is 9.86. The second-order valence-corrected chi connectivity index (χ2v) is 8.48. The van der Waals surface area contributed by atoms with Crippen molar-refractivity contribution < 1.29 is 14.6 Å². The van der Waals surface area contributed by atoms with E-state index >= 15 is 0 Å². The van der Waals surface area contributed by atoms with E-state index < -0.39 is 5.97 Å². The highest BCUT2D eigenvalue weighted by Gasteiger charge is 2.28. The number of carboxylic acids is 1. The van der Waals surface area contributed by atoms with Gasteiger partial charge in [0.05, 0.1) is 17.5 Å². The molecule has 0 aromatic heterocycles. The Morgan fingerprint density at radius 2 is 1.24 bits per heavy atom. The van der Waals surface area contributed by atoms with E-state index in [2.05, 4.69) is 91.9 Å². The van der Waals surface area contributed by atoms with Gasteiger partial charge in [-0.05, 0) is 61.9 Å². The molecule has 0 aliphatic rings. The first-order valence-corrected chi connectivity index (χ1v) is 11.1. The normalized spacial score (nSPS) is 10.2. The Kier molecular flexibility index (Phi) is 9.87. The molecule has 0 heterocycles. The molecule has 0 spiro atoms. The van der Waals surface area contributed by atoms with Gasteiger partial charge in [0.25, 0.3) is 0 Å². The summed E-state index contributed by atoms with van der Waals surface area (Å²) in [7, 11) is -0.0872. The van der Waals surface area contributed by atoms with Crippen molar-refractivity contribution in [2.24, 2.45) is 0 Å². The SMILES string of the molecule is CC(=O)[O-].CCCCCOc1ccc([S+](c2ccccc2)c2ccccc2)cc1. The summed E-state index contributed by atoms with van der Waals surface area (Å²) in [6.07, 6.45) is 3.57. The number of carbonyl (C=O) groups excluding carboxylic acids is 1. The Morgan fingerprint density at radius 3 is 1.69 bits per heavy atom. The predicted molar refractivity (Wildman–Crippen MR) is 117 cm³/mol. The molecule has 3 aromatic rings. The summed E-state index contributed by atoms with van der Waals surface area (Å²) in [6, 6.07) is 30.1. The van der Waals surface area contributed by atoms with Crippen LogP contribution in [0.3, 0.4) is 0 Å². The number of rotatable bonds is 8. The van der Waals surface area contributed by atoms with Gasteiger partial charge in [0, 0.05) is 5.97 Å². The van der Waals surface area contributed by atoms with Crippen molar-refractivity contribution in [3.05, 3.63) is 84.9 Å². The van der Waals surface area contributed by atoms with E-state index in [0.29, 0.717) is 0 Å². The molecule has 0 aliphatic carbocycles. The maximum Gasteiger partial charge on any atom is 0.166 e. The Morgan fingerprint density at radius 1 is 0.793 bits per heavy atom. The topological polar surface area (TPSA) is 49.4 Å². The van der Waals surface area contributed by atoms with Crippen LogP contribution in [0.2, 0.25) is 0 Å². The maximum atomic E-state index is 8.89. The lowest BCUT2D eigenvalue weighted by Crippen LogP contribution is -2.16. The van der Waals surface area contributed by atoms with Crippen molar-refractivity contribution in [1.82, 2.24) is 0 Å². The van der Waals surface area contributed by atoms with Gasteiger partial charge < -0.3 is 14.6 Å². The van der Waals surface area contributed by atoms with Crippen molar-refractivity contribution >= 4 is 16.9 Å². The van der Waals surface area contributed by atoms with E-state index in [1.165, 1.54) is 27.5 Å². The van der Waals surface area contributed by atoms with Gasteiger partial charge in [-0.25, -0.2) is 0 Å². The van der Waals surface area contributed by atoms with Crippen molar-refractivity contribution in [1.29, 1.82) is 0 Å². The van der Waals surface area contributed by atoms with Crippen LogP contribution in [0.5, 0.6) is 5.75 Å². The second kappa shape index (κ2) is 12.7. The second-order valence-electron chi connectivity index (χ2n) is 6.45. The lowest BCUT2D eigenvalue weighted by Gasteiger charge is -2.09. The number of carbonyl (C=O) groups is 1. The van der Waals surface area contributed by atoms with Gasteiger partial charge in [-0.3, -0.25) is 0 Å². The third-order valence-corrected chi connectivity index (χ3v) is 6.26. The summed E-state index contributed by atoms with van der Waals surface area (Å²) in [5, 5.41) is 8.89. The Labute approximate surface area is 176 Å². The monoisotopic (exact) mass is 408 g/mol. The molecule has 0 atom stereocenters. The van der Waals surface area contributed by atoms with Gasteiger partial charge in [0.1, 0.15) is 5.75 Å². The summed E-state index contributed by atoms with van der Waals surface area (Å²) < 4.78 is 5.86. The van der Waals surface area contributed by atoms with Crippen LogP contribution in [0.15, 0.2) is 99.6 Å². The molecule has 0 radical (unpaired) electrons. The summed E-state index contributed by atoms with van der Waals surface area (Å²) in [5.41, 5.74) is 0. The van der Waals surface area contributed by atoms with Crippen LogP contribution >= 0.6 is 0 Å². The Bertz CT molecular complexity index is 789. The zero-order valence-corrected chi connectivity index (χ0v) is 17.9. The average molecular weight is 409 g/mol. The van der Waals surface area contributed by atoms with Crippen LogP contribution in [0.4, 0.5) is 0 Å². The molecule has 152 valence electrons. The molecule has 4 heteroatoms. The van der Waals surface area contributed by atoms with Crippen LogP contribution in [-0.4, -0.2) is 12.6 Å². The number of ether oxygens (including phenoxy) is 1. The predicted octanol–water partition coefficient (Wildman–Crippen LogP) is 5.11. The van der Waals surface area contributed by atoms with Crippen molar-refractivity contribution in [3.63, 3.8) is 0 Å². The fourth-order valence-corrected chi connectivity index (χ4v) is 4.82. The molecule has 0 N–H and O–H groups in total. The molecule has 0 saturated heterocycles. The molecule has 0 unspecified atom stereocenters. The average Bonchev–Trinajstić information content (AvgIpc) is 2.74. The molecule has 3 rings (SSSR count). The standard InChI is InChI=1S/C23H25OS.C2H4O2/c1-2-3-10-19-24-20-15-17-23(18-16-20)25(21-11-6-4-7-12-21)22-13-8-5-9-14-22;1-2(3)4/h4-9,11-18H,2-3,10,19H2,1H3;1H3,(H,3,4)/q+1;/p-1. The summed E-state index contributed by atoms with van der Waals surface area (Å²) >= 11 is 0. The van der Waals surface area contributed by atoms with E-state index in [1.807, 2.05) is 0 Å². The fraction of sp³-hybridized carbons (Fsp3) is 0.240. The fourth-order valence-electron chi connectivity index (χ4n) is 2.74. The highest BCUT2D eigenvalue weighted by Crippen LogP contribution is 2.31. The lowest BCUT2D eigenvalue weighted by molar-refractivity contribution is -0.302. The third-order valence-electron chi connectivity index (χ3n) is 4.03. The first-order chi connectivity index (χ1) is 14.1. The van der Waals surface area contributed by atoms with Crippen LogP contribution < -0.4 is 9.84 Å². The van der Waals surface area contributed by atoms with E-state index in [1.54, 1.807) is 0 Å². The zero-order valence-electron chi connectivity index (χ0n) is 17.0. The quantitative estimate of drug-likeness (QED) is 0.384. The van der Waals surface area contributed by atoms with Crippen molar-refractivity contribution in [3.8, 4) is 5.75 Å². The number of carboxylic acid groups (broad SMARTS) is 1. The molecule has 0 aliphatic heterocycles. The number of hydrogen-bond donors (Lipinski definition) is 0. The molecule has 29 heavy (non-hydrogen) atoms. The molecule has 0 fully saturated rings. The van der Waals surface area contributed by atoms with Crippen LogP contribution in [0.1, 0.15) is 33.1 Å². The van der Waals surface area contributed by atoms with Gasteiger partial charge >= 0.3 is 0 Å². The minimum Gasteiger partial charge on any atom is -0.550 e. The zero-order chi connectivity index (χ0) is 20.9. The van der Waals surface area contributed by atoms with Crippen molar-refractivity contribution in [2.75, 3.05) is 6.61 Å². The molecule has 3 nitrogen and oxygen atoms in total. The highest BCUT2D eigenvalue weighted by atomic mass is 32.2.